The summed E-state index contributed by atoms with van der Waals surface area (Å²) < 4.78 is 10.8. The van der Waals surface area contributed by atoms with Crippen LogP contribution in [0.5, 0.6) is 0 Å². The Morgan fingerprint density at radius 2 is 1.48 bits per heavy atom. The van der Waals surface area contributed by atoms with Crippen LogP contribution in [0.1, 0.15) is 0 Å². The van der Waals surface area contributed by atoms with E-state index in [1.165, 1.54) is 4.90 Å². The van der Waals surface area contributed by atoms with E-state index in [0.717, 1.165) is 0 Å². The summed E-state index contributed by atoms with van der Waals surface area (Å²) in [5.41, 5.74) is 0. The zero-order valence-corrected chi connectivity index (χ0v) is 13.3. The second-order valence-corrected chi connectivity index (χ2v) is 6.78. The fraction of sp³-hybridized carbons (Fsp3) is 1.00. The predicted octanol–water partition coefficient (Wildman–Crippen LogP) is -5.69. The van der Waals surface area contributed by atoms with Gasteiger partial charge in [-0.1, -0.05) is 0 Å². The number of nitrogens with zero attached hydrogens (tertiary/aromatic N) is 1. The number of ether oxygens (including phenoxy) is 2. The summed E-state index contributed by atoms with van der Waals surface area (Å²) in [6, 6.07) is -1.62. The molecule has 3 aliphatic heterocycles. The SMILES string of the molecule is OCC1O[C@@H](O[C@@H]2CN3[C@H]([C@H]2O)[C@@H](O)[C@H](O)[C@@H]3CO)[C@@H](O)C(O)[C@@H]1O. The van der Waals surface area contributed by atoms with Gasteiger partial charge in [-0.25, -0.2) is 0 Å². The summed E-state index contributed by atoms with van der Waals surface area (Å²) in [4.78, 5) is 1.52. The molecular formula is C14H25NO10. The third kappa shape index (κ3) is 3.09. The number of hydrogen-bond acceptors (Lipinski definition) is 11. The highest BCUT2D eigenvalue weighted by atomic mass is 16.7. The molecule has 0 aromatic rings. The molecule has 146 valence electrons. The second-order valence-electron chi connectivity index (χ2n) is 6.78. The molecule has 3 saturated heterocycles. The van der Waals surface area contributed by atoms with Gasteiger partial charge in [0.25, 0.3) is 0 Å². The van der Waals surface area contributed by atoms with E-state index in [4.69, 9.17) is 9.47 Å². The minimum absolute atomic E-state index is 0.0419. The van der Waals surface area contributed by atoms with Gasteiger partial charge in [0.15, 0.2) is 6.29 Å². The van der Waals surface area contributed by atoms with Crippen LogP contribution in [0, 0.1) is 0 Å². The molecule has 0 bridgehead atoms. The van der Waals surface area contributed by atoms with Gasteiger partial charge in [0.1, 0.15) is 30.5 Å². The summed E-state index contributed by atoms with van der Waals surface area (Å²) in [6.07, 6.45) is -12.0. The van der Waals surface area contributed by atoms with Crippen molar-refractivity contribution < 1.29 is 50.3 Å². The van der Waals surface area contributed by atoms with Gasteiger partial charge in [0, 0.05) is 6.54 Å². The predicted molar refractivity (Wildman–Crippen MR) is 78.0 cm³/mol. The lowest BCUT2D eigenvalue weighted by Gasteiger charge is -2.40. The molecule has 0 spiro atoms. The van der Waals surface area contributed by atoms with Gasteiger partial charge in [0.2, 0.25) is 0 Å². The Balaban J connectivity index is 1.70. The number of aliphatic hydroxyl groups is 8. The normalized spacial score (nSPS) is 54.0. The van der Waals surface area contributed by atoms with E-state index in [0.29, 0.717) is 0 Å². The van der Waals surface area contributed by atoms with Crippen LogP contribution >= 0.6 is 0 Å². The number of hydrogen-bond donors (Lipinski definition) is 8. The molecule has 3 heterocycles. The van der Waals surface area contributed by atoms with E-state index in [9.17, 15) is 40.9 Å². The smallest absolute Gasteiger partial charge is 0.187 e. The minimum atomic E-state index is -1.61. The maximum atomic E-state index is 10.4. The van der Waals surface area contributed by atoms with E-state index >= 15 is 0 Å². The largest absolute Gasteiger partial charge is 0.395 e. The van der Waals surface area contributed by atoms with Gasteiger partial charge in [-0.3, -0.25) is 4.90 Å². The lowest BCUT2D eigenvalue weighted by atomic mass is 9.99. The first kappa shape index (κ1) is 19.3. The van der Waals surface area contributed by atoms with Crippen molar-refractivity contribution in [2.24, 2.45) is 0 Å². The van der Waals surface area contributed by atoms with Crippen LogP contribution in [-0.2, 0) is 9.47 Å². The molecule has 2 unspecified atom stereocenters. The Hall–Kier alpha value is -0.440. The average Bonchev–Trinajstić information content (AvgIpc) is 3.03. The molecular weight excluding hydrogens is 342 g/mol. The molecule has 11 atom stereocenters. The molecule has 0 aromatic heterocycles. The molecule has 0 aromatic carbocycles. The van der Waals surface area contributed by atoms with Gasteiger partial charge in [-0.15, -0.1) is 0 Å². The molecule has 3 aliphatic rings. The van der Waals surface area contributed by atoms with Crippen molar-refractivity contribution in [1.82, 2.24) is 4.90 Å². The van der Waals surface area contributed by atoms with Crippen LogP contribution in [0.3, 0.4) is 0 Å². The van der Waals surface area contributed by atoms with E-state index in [1.54, 1.807) is 0 Å². The van der Waals surface area contributed by atoms with Gasteiger partial charge in [0.05, 0.1) is 43.6 Å². The topological polar surface area (TPSA) is 184 Å². The number of aliphatic hydroxyl groups excluding tert-OH is 8. The summed E-state index contributed by atoms with van der Waals surface area (Å²) in [5, 5.41) is 78.5. The van der Waals surface area contributed by atoms with Crippen LogP contribution in [0.15, 0.2) is 0 Å². The van der Waals surface area contributed by atoms with E-state index < -0.39 is 80.4 Å². The fourth-order valence-corrected chi connectivity index (χ4v) is 3.92. The Morgan fingerprint density at radius 3 is 2.08 bits per heavy atom. The third-order valence-corrected chi connectivity index (χ3v) is 5.37. The van der Waals surface area contributed by atoms with Crippen molar-refractivity contribution in [2.75, 3.05) is 19.8 Å². The first-order valence-electron chi connectivity index (χ1n) is 8.18. The van der Waals surface area contributed by atoms with Gasteiger partial charge < -0.3 is 50.3 Å². The third-order valence-electron chi connectivity index (χ3n) is 5.37. The molecule has 11 nitrogen and oxygen atoms in total. The Bertz CT molecular complexity index is 467. The Labute approximate surface area is 143 Å². The van der Waals surface area contributed by atoms with Crippen LogP contribution in [-0.4, -0.2) is 133 Å². The highest BCUT2D eigenvalue weighted by Gasteiger charge is 2.58. The Morgan fingerprint density at radius 1 is 0.800 bits per heavy atom. The average molecular weight is 367 g/mol. The number of rotatable bonds is 4. The van der Waals surface area contributed by atoms with E-state index in [2.05, 4.69) is 0 Å². The van der Waals surface area contributed by atoms with Crippen LogP contribution in [0.25, 0.3) is 0 Å². The monoisotopic (exact) mass is 367 g/mol. The minimum Gasteiger partial charge on any atom is -0.395 e. The highest BCUT2D eigenvalue weighted by Crippen LogP contribution is 2.36. The number of fused-ring (bicyclic) bond motifs is 1. The molecule has 0 amide bonds. The standard InChI is InChI=1S/C14H25NO10/c16-2-4-8(18)11(21)7-9(19)5(1-15(4)7)24-14-13(23)12(22)10(20)6(3-17)25-14/h4-14,16-23H,1-3H2/t4-,5+,6?,7+,8+,9-,10+,11+,12?,13-,14+/m0/s1. The quantitative estimate of drug-likeness (QED) is 0.237. The summed E-state index contributed by atoms with van der Waals surface area (Å²) in [7, 11) is 0. The van der Waals surface area contributed by atoms with Crippen molar-refractivity contribution in [2.45, 2.75) is 67.2 Å². The first-order chi connectivity index (χ1) is 11.8. The fourth-order valence-electron chi connectivity index (χ4n) is 3.92. The lowest BCUT2D eigenvalue weighted by Crippen LogP contribution is -2.60. The molecule has 25 heavy (non-hydrogen) atoms. The van der Waals surface area contributed by atoms with Crippen LogP contribution < -0.4 is 0 Å². The molecule has 8 N–H and O–H groups in total. The molecule has 3 fully saturated rings. The van der Waals surface area contributed by atoms with E-state index in [-0.39, 0.29) is 6.54 Å². The van der Waals surface area contributed by atoms with Gasteiger partial charge >= 0.3 is 0 Å². The van der Waals surface area contributed by atoms with Gasteiger partial charge in [-0.05, 0) is 0 Å². The zero-order chi connectivity index (χ0) is 18.5. The Kier molecular flexibility index (Phi) is 5.63. The second kappa shape index (κ2) is 7.29. The van der Waals surface area contributed by atoms with Crippen molar-refractivity contribution in [3.8, 4) is 0 Å². The lowest BCUT2D eigenvalue weighted by molar-refractivity contribution is -0.314. The van der Waals surface area contributed by atoms with Crippen molar-refractivity contribution in [3.05, 3.63) is 0 Å². The zero-order valence-electron chi connectivity index (χ0n) is 13.3. The summed E-state index contributed by atoms with van der Waals surface area (Å²) in [5.74, 6) is 0. The highest BCUT2D eigenvalue weighted by molar-refractivity contribution is 5.10. The van der Waals surface area contributed by atoms with Gasteiger partial charge in [-0.2, -0.15) is 0 Å². The molecule has 11 heteroatoms. The van der Waals surface area contributed by atoms with E-state index in [1.807, 2.05) is 0 Å². The van der Waals surface area contributed by atoms with Crippen LogP contribution in [0.4, 0.5) is 0 Å². The first-order valence-corrected chi connectivity index (χ1v) is 8.18. The molecule has 0 saturated carbocycles. The van der Waals surface area contributed by atoms with Crippen LogP contribution in [0.2, 0.25) is 0 Å². The summed E-state index contributed by atoms with van der Waals surface area (Å²) in [6.45, 7) is -0.987. The van der Waals surface area contributed by atoms with Crippen molar-refractivity contribution in [1.29, 1.82) is 0 Å². The molecule has 3 rings (SSSR count). The summed E-state index contributed by atoms with van der Waals surface area (Å²) >= 11 is 0. The maximum absolute atomic E-state index is 10.4. The van der Waals surface area contributed by atoms with Crippen molar-refractivity contribution in [3.63, 3.8) is 0 Å². The molecule has 0 radical (unpaired) electrons. The molecule has 0 aliphatic carbocycles. The maximum Gasteiger partial charge on any atom is 0.187 e. The van der Waals surface area contributed by atoms with Crippen molar-refractivity contribution >= 4 is 0 Å².